The van der Waals surface area contributed by atoms with Crippen LogP contribution in [0.1, 0.15) is 0 Å². The fourth-order valence-electron chi connectivity index (χ4n) is 0.427. The van der Waals surface area contributed by atoms with Gasteiger partial charge in [0.1, 0.15) is 13.2 Å². The Bertz CT molecular complexity index is 132. The molecule has 80 valence electrons. The highest BCUT2D eigenvalue weighted by Gasteiger charge is 2.34. The largest absolute Gasteiger partial charge is 0.369 e. The molecular weight excluding hydrogens is 202 g/mol. The molecule has 0 aromatic carbocycles. The minimum absolute atomic E-state index is 1.47. The summed E-state index contributed by atoms with van der Waals surface area (Å²) in [4.78, 5) is 0. The number of alkyl halides is 6. The fraction of sp³-hybridized carbons (Fsp3) is 1.00. The number of hydrogen-bond donors (Lipinski definition) is 0. The molecule has 0 bridgehead atoms. The van der Waals surface area contributed by atoms with Crippen molar-refractivity contribution in [3.63, 3.8) is 0 Å². The summed E-state index contributed by atoms with van der Waals surface area (Å²) in [5.74, 6) is -7.57. The molecule has 1 nitrogen and oxygen atoms in total. The van der Waals surface area contributed by atoms with Crippen LogP contribution in [0.3, 0.4) is 0 Å². The van der Waals surface area contributed by atoms with Gasteiger partial charge in [0.15, 0.2) is 13.3 Å². The minimum Gasteiger partial charge on any atom is -0.369 e. The van der Waals surface area contributed by atoms with Crippen LogP contribution in [0, 0.1) is 0 Å². The maximum atomic E-state index is 12.0. The van der Waals surface area contributed by atoms with E-state index in [1.165, 1.54) is 0 Å². The quantitative estimate of drug-likeness (QED) is 0.610. The van der Waals surface area contributed by atoms with Crippen molar-refractivity contribution >= 4 is 0 Å². The fourth-order valence-corrected chi connectivity index (χ4v) is 0.427. The lowest BCUT2D eigenvalue weighted by molar-refractivity contribution is -0.139. The van der Waals surface area contributed by atoms with Gasteiger partial charge in [0.2, 0.25) is 0 Å². The Kier molecular flexibility index (Phi) is 4.52. The van der Waals surface area contributed by atoms with Crippen molar-refractivity contribution in [3.8, 4) is 0 Å². The molecule has 0 aliphatic rings. The van der Waals surface area contributed by atoms with Gasteiger partial charge in [0.05, 0.1) is 0 Å². The second kappa shape index (κ2) is 4.69. The van der Waals surface area contributed by atoms with Gasteiger partial charge in [-0.15, -0.1) is 0 Å². The van der Waals surface area contributed by atoms with Crippen LogP contribution in [0.15, 0.2) is 0 Å². The van der Waals surface area contributed by atoms with Crippen molar-refractivity contribution in [1.82, 2.24) is 0 Å². The summed E-state index contributed by atoms with van der Waals surface area (Å²) < 4.78 is 74.5. The van der Waals surface area contributed by atoms with Crippen LogP contribution in [-0.4, -0.2) is 38.4 Å². The lowest BCUT2D eigenvalue weighted by Gasteiger charge is -2.15. The summed E-state index contributed by atoms with van der Waals surface area (Å²) in [7, 11) is 0. The molecule has 7 heteroatoms. The number of ether oxygens (including phenoxy) is 1. The van der Waals surface area contributed by atoms with Crippen molar-refractivity contribution in [2.24, 2.45) is 0 Å². The van der Waals surface area contributed by atoms with Gasteiger partial charge in [-0.3, -0.25) is 0 Å². The van der Waals surface area contributed by atoms with Gasteiger partial charge in [-0.05, 0) is 0 Å². The Morgan fingerprint density at radius 1 is 0.769 bits per heavy atom. The molecular formula is C6H8F6O. The molecule has 0 aromatic heterocycles. The molecule has 0 unspecified atom stereocenters. The highest BCUT2D eigenvalue weighted by Crippen LogP contribution is 2.18. The van der Waals surface area contributed by atoms with Crippen LogP contribution < -0.4 is 0 Å². The summed E-state index contributed by atoms with van der Waals surface area (Å²) in [5, 5.41) is 0. The van der Waals surface area contributed by atoms with Crippen molar-refractivity contribution in [2.75, 3.05) is 26.6 Å². The van der Waals surface area contributed by atoms with Gasteiger partial charge in [0, 0.05) is 0 Å². The minimum atomic E-state index is -3.79. The molecule has 0 atom stereocenters. The van der Waals surface area contributed by atoms with E-state index in [1.54, 1.807) is 0 Å². The zero-order valence-corrected chi connectivity index (χ0v) is 6.50. The van der Waals surface area contributed by atoms with Crippen LogP contribution in [0.25, 0.3) is 0 Å². The van der Waals surface area contributed by atoms with Crippen LogP contribution in [0.4, 0.5) is 26.3 Å². The summed E-state index contributed by atoms with van der Waals surface area (Å²) in [6.07, 6.45) is 0. The summed E-state index contributed by atoms with van der Waals surface area (Å²) in [5.41, 5.74) is 0. The standard InChI is InChI=1S/C6H8F6O/c7-1-5(9,10)3-13-4-6(11,12)2-8/h1-4H2. The SMILES string of the molecule is FCC(F)(F)COCC(F)(F)CF. The Hall–Kier alpha value is -0.460. The van der Waals surface area contributed by atoms with Crippen molar-refractivity contribution in [2.45, 2.75) is 11.8 Å². The third-order valence-electron chi connectivity index (χ3n) is 1.02. The van der Waals surface area contributed by atoms with E-state index in [-0.39, 0.29) is 0 Å². The Morgan fingerprint density at radius 2 is 1.08 bits per heavy atom. The first kappa shape index (κ1) is 12.5. The van der Waals surface area contributed by atoms with E-state index in [0.29, 0.717) is 0 Å². The first-order valence-corrected chi connectivity index (χ1v) is 3.28. The average molecular weight is 210 g/mol. The maximum absolute atomic E-state index is 12.0. The van der Waals surface area contributed by atoms with E-state index in [9.17, 15) is 26.3 Å². The Labute approximate surface area is 70.7 Å². The topological polar surface area (TPSA) is 9.23 Å². The normalized spacial score (nSPS) is 13.4. The van der Waals surface area contributed by atoms with Gasteiger partial charge in [-0.25, -0.2) is 26.3 Å². The molecule has 0 fully saturated rings. The zero-order valence-electron chi connectivity index (χ0n) is 6.50. The summed E-state index contributed by atoms with van der Waals surface area (Å²) in [6.45, 7) is -6.93. The Morgan fingerprint density at radius 3 is 1.31 bits per heavy atom. The number of hydrogen-bond acceptors (Lipinski definition) is 1. The van der Waals surface area contributed by atoms with Crippen LogP contribution in [0.2, 0.25) is 0 Å². The predicted octanol–water partition coefficient (Wildman–Crippen LogP) is 2.21. The summed E-state index contributed by atoms with van der Waals surface area (Å²) in [6, 6.07) is 0. The molecule has 0 spiro atoms. The smallest absolute Gasteiger partial charge is 0.298 e. The van der Waals surface area contributed by atoms with E-state index in [2.05, 4.69) is 4.74 Å². The molecule has 0 saturated carbocycles. The lowest BCUT2D eigenvalue weighted by Crippen LogP contribution is -2.32. The van der Waals surface area contributed by atoms with Crippen LogP contribution in [0.5, 0.6) is 0 Å². The van der Waals surface area contributed by atoms with Gasteiger partial charge < -0.3 is 4.74 Å². The third kappa shape index (κ3) is 5.73. The molecule has 0 aromatic rings. The molecule has 0 saturated heterocycles. The molecule has 0 heterocycles. The zero-order chi connectivity index (χ0) is 10.5. The lowest BCUT2D eigenvalue weighted by atomic mass is 10.4. The van der Waals surface area contributed by atoms with Crippen LogP contribution in [-0.2, 0) is 4.74 Å². The Balaban J connectivity index is 3.68. The van der Waals surface area contributed by atoms with Crippen LogP contribution >= 0.6 is 0 Å². The van der Waals surface area contributed by atoms with Gasteiger partial charge in [-0.2, -0.15) is 0 Å². The molecule has 0 radical (unpaired) electrons. The van der Waals surface area contributed by atoms with Gasteiger partial charge >= 0.3 is 0 Å². The van der Waals surface area contributed by atoms with E-state index in [1.807, 2.05) is 0 Å². The molecule has 0 rings (SSSR count). The maximum Gasteiger partial charge on any atom is 0.298 e. The van der Waals surface area contributed by atoms with E-state index in [0.717, 1.165) is 0 Å². The van der Waals surface area contributed by atoms with E-state index in [4.69, 9.17) is 0 Å². The molecule has 0 N–H and O–H groups in total. The highest BCUT2D eigenvalue weighted by molar-refractivity contribution is 4.66. The molecule has 0 aliphatic carbocycles. The highest BCUT2D eigenvalue weighted by atomic mass is 19.3. The second-order valence-electron chi connectivity index (χ2n) is 2.47. The molecule has 0 amide bonds. The monoisotopic (exact) mass is 210 g/mol. The average Bonchev–Trinajstić information content (AvgIpc) is 2.04. The van der Waals surface area contributed by atoms with Crippen molar-refractivity contribution in [1.29, 1.82) is 0 Å². The van der Waals surface area contributed by atoms with Gasteiger partial charge in [-0.1, -0.05) is 0 Å². The van der Waals surface area contributed by atoms with Gasteiger partial charge in [0.25, 0.3) is 11.8 Å². The summed E-state index contributed by atoms with van der Waals surface area (Å²) >= 11 is 0. The first-order valence-electron chi connectivity index (χ1n) is 3.28. The third-order valence-corrected chi connectivity index (χ3v) is 1.02. The van der Waals surface area contributed by atoms with Crippen molar-refractivity contribution < 1.29 is 31.1 Å². The predicted molar refractivity (Wildman–Crippen MR) is 32.7 cm³/mol. The van der Waals surface area contributed by atoms with E-state index >= 15 is 0 Å². The number of halogens is 6. The second-order valence-corrected chi connectivity index (χ2v) is 2.47. The molecule has 13 heavy (non-hydrogen) atoms. The van der Waals surface area contributed by atoms with E-state index < -0.39 is 38.4 Å². The first-order chi connectivity index (χ1) is 5.83. The number of rotatable bonds is 6. The van der Waals surface area contributed by atoms with Crippen molar-refractivity contribution in [3.05, 3.63) is 0 Å². The molecule has 0 aliphatic heterocycles.